The van der Waals surface area contributed by atoms with E-state index in [4.69, 9.17) is 4.98 Å². The highest BCUT2D eigenvalue weighted by Crippen LogP contribution is 2.35. The van der Waals surface area contributed by atoms with Gasteiger partial charge in [-0.15, -0.1) is 23.1 Å². The molecule has 1 atom stereocenters. The fourth-order valence-electron chi connectivity index (χ4n) is 3.53. The molecule has 0 fully saturated rings. The van der Waals surface area contributed by atoms with Crippen LogP contribution < -0.4 is 0 Å². The number of hydrogen-bond acceptors (Lipinski definition) is 7. The number of thioether (sulfide) groups is 1. The van der Waals surface area contributed by atoms with Crippen molar-refractivity contribution in [1.29, 1.82) is 5.26 Å². The van der Waals surface area contributed by atoms with Crippen molar-refractivity contribution in [3.05, 3.63) is 95.4 Å². The Labute approximate surface area is 207 Å². The van der Waals surface area contributed by atoms with Gasteiger partial charge in [0, 0.05) is 11.3 Å². The van der Waals surface area contributed by atoms with Crippen molar-refractivity contribution < 1.29 is 13.5 Å². The van der Waals surface area contributed by atoms with Crippen molar-refractivity contribution in [3.63, 3.8) is 0 Å². The number of aliphatic hydroxyl groups is 1. The zero-order valence-electron chi connectivity index (χ0n) is 18.2. The molecule has 2 heterocycles. The number of pyridine rings is 1. The summed E-state index contributed by atoms with van der Waals surface area (Å²) < 4.78 is 25.1. The van der Waals surface area contributed by atoms with Gasteiger partial charge >= 0.3 is 0 Å². The summed E-state index contributed by atoms with van der Waals surface area (Å²) in [7, 11) is -3.50. The summed E-state index contributed by atoms with van der Waals surface area (Å²) in [5.74, 6) is -0.367. The summed E-state index contributed by atoms with van der Waals surface area (Å²) in [5.41, 5.74) is 3.49. The Hall–Kier alpha value is -2.96. The third-order valence-corrected chi connectivity index (χ3v) is 8.72. The van der Waals surface area contributed by atoms with Crippen LogP contribution in [0.4, 0.5) is 0 Å². The molecule has 0 saturated carbocycles. The van der Waals surface area contributed by atoms with E-state index in [1.54, 1.807) is 35.6 Å². The number of aliphatic hydroxyl groups excluding tert-OH is 1. The van der Waals surface area contributed by atoms with E-state index < -0.39 is 15.9 Å². The highest BCUT2D eigenvalue weighted by Gasteiger charge is 2.21. The highest BCUT2D eigenvalue weighted by molar-refractivity contribution is 7.99. The number of aromatic nitrogens is 1. The van der Waals surface area contributed by atoms with Crippen LogP contribution in [0.15, 0.2) is 89.3 Å². The lowest BCUT2D eigenvalue weighted by Gasteiger charge is -2.14. The molecule has 0 aliphatic rings. The highest BCUT2D eigenvalue weighted by atomic mass is 32.2. The Bertz CT molecular complexity index is 1380. The van der Waals surface area contributed by atoms with Gasteiger partial charge in [0.25, 0.3) is 0 Å². The summed E-state index contributed by atoms with van der Waals surface area (Å²) in [5, 5.41) is 22.9. The third-order valence-electron chi connectivity index (χ3n) is 5.04. The van der Waals surface area contributed by atoms with E-state index in [9.17, 15) is 18.8 Å². The summed E-state index contributed by atoms with van der Waals surface area (Å²) in [4.78, 5) is 5.67. The molecule has 0 radical (unpaired) electrons. The molecule has 172 valence electrons. The zero-order valence-corrected chi connectivity index (χ0v) is 20.6. The lowest BCUT2D eigenvalue weighted by atomic mass is 10.0. The van der Waals surface area contributed by atoms with E-state index >= 15 is 0 Å². The number of benzene rings is 2. The minimum atomic E-state index is -3.50. The van der Waals surface area contributed by atoms with Crippen molar-refractivity contribution in [1.82, 2.24) is 4.98 Å². The van der Waals surface area contributed by atoms with E-state index in [1.165, 1.54) is 11.8 Å². The maximum Gasteiger partial charge on any atom is 0.157 e. The second-order valence-electron chi connectivity index (χ2n) is 7.70. The van der Waals surface area contributed by atoms with Gasteiger partial charge in [0.15, 0.2) is 9.84 Å². The van der Waals surface area contributed by atoms with E-state index in [0.29, 0.717) is 16.2 Å². The van der Waals surface area contributed by atoms with Crippen molar-refractivity contribution in [3.8, 4) is 27.8 Å². The second kappa shape index (κ2) is 11.0. The first-order chi connectivity index (χ1) is 16.4. The fraction of sp³-hybridized carbons (Fsp3) is 0.154. The summed E-state index contributed by atoms with van der Waals surface area (Å²) in [6, 6.07) is 26.6. The zero-order chi connectivity index (χ0) is 24.0. The Kier molecular flexibility index (Phi) is 7.80. The molecule has 8 heteroatoms. The van der Waals surface area contributed by atoms with E-state index in [-0.39, 0.29) is 17.3 Å². The Morgan fingerprint density at radius 3 is 2.38 bits per heavy atom. The molecular weight excluding hydrogens is 484 g/mol. The predicted octanol–water partition coefficient (Wildman–Crippen LogP) is 5.42. The van der Waals surface area contributed by atoms with E-state index in [0.717, 1.165) is 21.7 Å². The molecule has 0 spiro atoms. The van der Waals surface area contributed by atoms with Gasteiger partial charge in [0.2, 0.25) is 0 Å². The number of nitrogens with zero attached hydrogens (tertiary/aromatic N) is 2. The Morgan fingerprint density at radius 1 is 1.03 bits per heavy atom. The van der Waals surface area contributed by atoms with Gasteiger partial charge in [-0.1, -0.05) is 66.7 Å². The molecule has 0 amide bonds. The first-order valence-electron chi connectivity index (χ1n) is 10.5. The molecule has 4 aromatic rings. The van der Waals surface area contributed by atoms with Crippen LogP contribution in [0.25, 0.3) is 21.7 Å². The van der Waals surface area contributed by atoms with Gasteiger partial charge < -0.3 is 5.11 Å². The first kappa shape index (κ1) is 24.2. The number of sulfone groups is 1. The topological polar surface area (TPSA) is 91.0 Å². The normalized spacial score (nSPS) is 12.2. The minimum Gasteiger partial charge on any atom is -0.391 e. The quantitative estimate of drug-likeness (QED) is 0.305. The molecule has 1 N–H and O–H groups in total. The average Bonchev–Trinajstić information content (AvgIpc) is 3.38. The summed E-state index contributed by atoms with van der Waals surface area (Å²) >= 11 is 2.76. The largest absolute Gasteiger partial charge is 0.391 e. The van der Waals surface area contributed by atoms with Crippen molar-refractivity contribution in [2.75, 3.05) is 11.5 Å². The molecule has 0 aliphatic heterocycles. The van der Waals surface area contributed by atoms with Crippen LogP contribution in [-0.2, 0) is 15.6 Å². The Morgan fingerprint density at radius 2 is 1.74 bits per heavy atom. The van der Waals surface area contributed by atoms with Gasteiger partial charge in [-0.3, -0.25) is 0 Å². The molecule has 2 aromatic heterocycles. The summed E-state index contributed by atoms with van der Waals surface area (Å²) in [6.45, 7) is 0. The van der Waals surface area contributed by atoms with E-state index in [1.807, 2.05) is 60.0 Å². The molecule has 5 nitrogen and oxygen atoms in total. The van der Waals surface area contributed by atoms with Crippen LogP contribution in [0.2, 0.25) is 0 Å². The predicted molar refractivity (Wildman–Crippen MR) is 138 cm³/mol. The van der Waals surface area contributed by atoms with Gasteiger partial charge in [-0.25, -0.2) is 13.4 Å². The maximum atomic E-state index is 12.6. The van der Waals surface area contributed by atoms with Crippen LogP contribution in [-0.4, -0.2) is 36.1 Å². The van der Waals surface area contributed by atoms with Crippen molar-refractivity contribution in [2.24, 2.45) is 0 Å². The number of hydrogen-bond donors (Lipinski definition) is 1. The molecule has 0 saturated heterocycles. The van der Waals surface area contributed by atoms with Crippen LogP contribution in [0.5, 0.6) is 0 Å². The molecule has 34 heavy (non-hydrogen) atoms. The lowest BCUT2D eigenvalue weighted by Crippen LogP contribution is -2.24. The van der Waals surface area contributed by atoms with Crippen LogP contribution in [0.3, 0.4) is 0 Å². The SMILES string of the molecule is N#Cc1c(-c2ccccc2)cc(-c2cccs2)nc1SC[C@H](O)CS(=O)(=O)Cc1ccccc1. The molecule has 0 unspecified atom stereocenters. The summed E-state index contributed by atoms with van der Waals surface area (Å²) in [6.07, 6.45) is -1.09. The Balaban J connectivity index is 1.57. The van der Waals surface area contributed by atoms with Gasteiger partial charge in [0.1, 0.15) is 11.1 Å². The second-order valence-corrected chi connectivity index (χ2v) is 11.8. The standard InChI is InChI=1S/C26H22N2O3S3/c27-15-23-22(20-10-5-2-6-11-20)14-24(25-12-7-13-32-25)28-26(23)33-16-21(29)18-34(30,31)17-19-8-3-1-4-9-19/h1-14,21,29H,16-18H2/t21-/m0/s1. The van der Waals surface area contributed by atoms with Gasteiger partial charge in [-0.2, -0.15) is 5.26 Å². The third kappa shape index (κ3) is 6.13. The van der Waals surface area contributed by atoms with Gasteiger partial charge in [-0.05, 0) is 28.6 Å². The number of thiophene rings is 1. The molecule has 0 bridgehead atoms. The van der Waals surface area contributed by atoms with Crippen LogP contribution in [0, 0.1) is 11.3 Å². The molecular formula is C26H22N2O3S3. The monoisotopic (exact) mass is 506 g/mol. The van der Waals surface area contributed by atoms with Crippen LogP contribution in [0.1, 0.15) is 11.1 Å². The van der Waals surface area contributed by atoms with Crippen molar-refractivity contribution in [2.45, 2.75) is 16.9 Å². The average molecular weight is 507 g/mol. The number of rotatable bonds is 9. The van der Waals surface area contributed by atoms with Gasteiger partial charge in [0.05, 0.1) is 33.7 Å². The maximum absolute atomic E-state index is 12.6. The lowest BCUT2D eigenvalue weighted by molar-refractivity contribution is 0.222. The first-order valence-corrected chi connectivity index (χ1v) is 14.2. The van der Waals surface area contributed by atoms with E-state index in [2.05, 4.69) is 6.07 Å². The smallest absolute Gasteiger partial charge is 0.157 e. The molecule has 2 aromatic carbocycles. The van der Waals surface area contributed by atoms with Crippen molar-refractivity contribution >= 4 is 32.9 Å². The van der Waals surface area contributed by atoms with Crippen LogP contribution >= 0.6 is 23.1 Å². The molecule has 4 rings (SSSR count). The fourth-order valence-corrected chi connectivity index (χ4v) is 6.82. The minimum absolute atomic E-state index is 0.109. The number of nitriles is 1. The molecule has 0 aliphatic carbocycles.